The fourth-order valence-electron chi connectivity index (χ4n) is 3.80. The largest absolute Gasteiger partial charge is 0.378 e. The molecule has 130 valence electrons. The van der Waals surface area contributed by atoms with Gasteiger partial charge in [-0.3, -0.25) is 14.3 Å². The van der Waals surface area contributed by atoms with Gasteiger partial charge in [0.15, 0.2) is 5.78 Å². The van der Waals surface area contributed by atoms with Gasteiger partial charge in [-0.2, -0.15) is 5.10 Å². The maximum Gasteiger partial charge on any atom is 0.244 e. The zero-order valence-corrected chi connectivity index (χ0v) is 14.1. The first-order chi connectivity index (χ1) is 12.7. The zero-order valence-electron chi connectivity index (χ0n) is 14.1. The van der Waals surface area contributed by atoms with Crippen LogP contribution < -0.4 is 0 Å². The van der Waals surface area contributed by atoms with Crippen LogP contribution in [-0.2, 0) is 16.1 Å². The van der Waals surface area contributed by atoms with Gasteiger partial charge in [0.1, 0.15) is 12.2 Å². The minimum Gasteiger partial charge on any atom is -0.378 e. The van der Waals surface area contributed by atoms with Crippen molar-refractivity contribution in [1.82, 2.24) is 14.7 Å². The minimum absolute atomic E-state index is 0.0118. The third-order valence-electron chi connectivity index (χ3n) is 5.10. The van der Waals surface area contributed by atoms with Crippen molar-refractivity contribution in [2.24, 2.45) is 0 Å². The van der Waals surface area contributed by atoms with Crippen molar-refractivity contribution in [3.8, 4) is 11.3 Å². The number of morpholine rings is 1. The molecule has 2 heterocycles. The molecule has 1 amide bonds. The SMILES string of the molecule is O=C1c2ccccc2-c2nn(CC(=O)N3CCOCC3)c3cccc1c23. The molecule has 1 fully saturated rings. The summed E-state index contributed by atoms with van der Waals surface area (Å²) in [4.78, 5) is 27.3. The molecule has 1 aromatic heterocycles. The Labute approximate surface area is 150 Å². The molecule has 0 N–H and O–H groups in total. The normalized spacial score (nSPS) is 16.0. The van der Waals surface area contributed by atoms with Crippen molar-refractivity contribution in [1.29, 1.82) is 0 Å². The molecule has 0 unspecified atom stereocenters. The Hall–Kier alpha value is -2.99. The van der Waals surface area contributed by atoms with E-state index in [0.717, 1.165) is 22.2 Å². The highest BCUT2D eigenvalue weighted by molar-refractivity contribution is 6.25. The summed E-state index contributed by atoms with van der Waals surface area (Å²) >= 11 is 0. The van der Waals surface area contributed by atoms with E-state index in [1.54, 1.807) is 9.58 Å². The first-order valence-electron chi connectivity index (χ1n) is 8.73. The van der Waals surface area contributed by atoms with Gasteiger partial charge >= 0.3 is 0 Å². The fourth-order valence-corrected chi connectivity index (χ4v) is 3.80. The predicted octanol–water partition coefficient (Wildman–Crippen LogP) is 2.11. The van der Waals surface area contributed by atoms with Gasteiger partial charge in [-0.15, -0.1) is 0 Å². The summed E-state index contributed by atoms with van der Waals surface area (Å²) < 4.78 is 7.04. The smallest absolute Gasteiger partial charge is 0.244 e. The van der Waals surface area contributed by atoms with E-state index in [-0.39, 0.29) is 18.2 Å². The van der Waals surface area contributed by atoms with Gasteiger partial charge in [-0.1, -0.05) is 36.4 Å². The van der Waals surface area contributed by atoms with Crippen LogP contribution in [-0.4, -0.2) is 52.7 Å². The van der Waals surface area contributed by atoms with Crippen molar-refractivity contribution in [3.63, 3.8) is 0 Å². The van der Waals surface area contributed by atoms with Gasteiger partial charge in [0, 0.05) is 35.2 Å². The third kappa shape index (κ3) is 2.19. The topological polar surface area (TPSA) is 64.4 Å². The molecule has 1 aliphatic heterocycles. The lowest BCUT2D eigenvalue weighted by Crippen LogP contribution is -2.42. The van der Waals surface area contributed by atoms with E-state index in [2.05, 4.69) is 0 Å². The van der Waals surface area contributed by atoms with Gasteiger partial charge in [-0.25, -0.2) is 0 Å². The summed E-state index contributed by atoms with van der Waals surface area (Å²) in [6.07, 6.45) is 0. The molecule has 1 saturated heterocycles. The fraction of sp³-hybridized carbons (Fsp3) is 0.250. The number of fused-ring (bicyclic) bond motifs is 2. The Bertz CT molecular complexity index is 1050. The number of ether oxygens (including phenoxy) is 1. The third-order valence-corrected chi connectivity index (χ3v) is 5.10. The van der Waals surface area contributed by atoms with Gasteiger partial charge in [-0.05, 0) is 6.07 Å². The van der Waals surface area contributed by atoms with Crippen LogP contribution in [0.4, 0.5) is 0 Å². The van der Waals surface area contributed by atoms with Crippen LogP contribution in [0.1, 0.15) is 15.9 Å². The van der Waals surface area contributed by atoms with Crippen LogP contribution in [0.2, 0.25) is 0 Å². The molecule has 6 heteroatoms. The molecule has 2 aromatic carbocycles. The Kier molecular flexibility index (Phi) is 3.39. The van der Waals surface area contributed by atoms with Crippen LogP contribution in [0.5, 0.6) is 0 Å². The summed E-state index contributed by atoms with van der Waals surface area (Å²) in [5, 5.41) is 5.56. The average molecular weight is 347 g/mol. The molecule has 0 bridgehead atoms. The van der Waals surface area contributed by atoms with E-state index in [1.165, 1.54) is 0 Å². The highest BCUT2D eigenvalue weighted by Gasteiger charge is 2.29. The summed E-state index contributed by atoms with van der Waals surface area (Å²) in [5.41, 5.74) is 3.75. The lowest BCUT2D eigenvalue weighted by atomic mass is 9.87. The van der Waals surface area contributed by atoms with E-state index in [1.807, 2.05) is 42.5 Å². The second-order valence-electron chi connectivity index (χ2n) is 6.57. The van der Waals surface area contributed by atoms with Crippen LogP contribution in [0.15, 0.2) is 42.5 Å². The second kappa shape index (κ2) is 5.78. The Morgan fingerprint density at radius 3 is 2.54 bits per heavy atom. The number of rotatable bonds is 2. The standard InChI is InChI=1S/C20H17N3O3/c24-17(22-8-10-26-11-9-22)12-23-16-7-3-6-15-18(16)19(21-23)13-4-1-2-5-14(13)20(15)25/h1-7H,8-12H2. The average Bonchev–Trinajstić information content (AvgIpc) is 3.06. The van der Waals surface area contributed by atoms with E-state index in [9.17, 15) is 9.59 Å². The predicted molar refractivity (Wildman–Crippen MR) is 96.0 cm³/mol. The quantitative estimate of drug-likeness (QED) is 0.557. The number of carbonyl (C=O) groups is 2. The van der Waals surface area contributed by atoms with Crippen molar-refractivity contribution in [3.05, 3.63) is 53.6 Å². The van der Waals surface area contributed by atoms with Gasteiger partial charge in [0.25, 0.3) is 0 Å². The maximum atomic E-state index is 12.8. The van der Waals surface area contributed by atoms with Gasteiger partial charge in [0.2, 0.25) is 5.91 Å². The number of ketones is 1. The Morgan fingerprint density at radius 2 is 1.73 bits per heavy atom. The molecule has 0 saturated carbocycles. The van der Waals surface area contributed by atoms with Gasteiger partial charge < -0.3 is 9.64 Å². The van der Waals surface area contributed by atoms with Crippen LogP contribution in [0.25, 0.3) is 22.2 Å². The lowest BCUT2D eigenvalue weighted by Gasteiger charge is -2.26. The Balaban J connectivity index is 1.62. The molecule has 1 aliphatic carbocycles. The maximum absolute atomic E-state index is 12.8. The second-order valence-corrected chi connectivity index (χ2v) is 6.57. The zero-order chi connectivity index (χ0) is 17.7. The molecule has 0 atom stereocenters. The number of hydrogen-bond acceptors (Lipinski definition) is 4. The van der Waals surface area contributed by atoms with Crippen LogP contribution >= 0.6 is 0 Å². The molecule has 26 heavy (non-hydrogen) atoms. The van der Waals surface area contributed by atoms with Crippen molar-refractivity contribution in [2.75, 3.05) is 26.3 Å². The Morgan fingerprint density at radius 1 is 1.00 bits per heavy atom. The first-order valence-corrected chi connectivity index (χ1v) is 8.73. The summed E-state index contributed by atoms with van der Waals surface area (Å²) in [6.45, 7) is 2.52. The molecule has 3 aromatic rings. The minimum atomic E-state index is 0.0118. The van der Waals surface area contributed by atoms with Crippen molar-refractivity contribution < 1.29 is 14.3 Å². The molecule has 5 rings (SSSR count). The molecular weight excluding hydrogens is 330 g/mol. The van der Waals surface area contributed by atoms with Crippen LogP contribution in [0.3, 0.4) is 0 Å². The highest BCUT2D eigenvalue weighted by atomic mass is 16.5. The van der Waals surface area contributed by atoms with Crippen molar-refractivity contribution >= 4 is 22.6 Å². The number of benzene rings is 2. The van der Waals surface area contributed by atoms with E-state index in [4.69, 9.17) is 9.84 Å². The van der Waals surface area contributed by atoms with Crippen LogP contribution in [0, 0.1) is 0 Å². The molecule has 2 aliphatic rings. The van der Waals surface area contributed by atoms with E-state index in [0.29, 0.717) is 37.4 Å². The first kappa shape index (κ1) is 15.3. The summed E-state index contributed by atoms with van der Waals surface area (Å²) in [6, 6.07) is 13.1. The van der Waals surface area contributed by atoms with Gasteiger partial charge in [0.05, 0.1) is 18.7 Å². The summed E-state index contributed by atoms with van der Waals surface area (Å²) in [7, 11) is 0. The number of aromatic nitrogens is 2. The number of hydrogen-bond donors (Lipinski definition) is 0. The number of carbonyl (C=O) groups excluding carboxylic acids is 2. The molecular formula is C20H17N3O3. The highest BCUT2D eigenvalue weighted by Crippen LogP contribution is 2.38. The molecule has 0 radical (unpaired) electrons. The van der Waals surface area contributed by atoms with E-state index < -0.39 is 0 Å². The lowest BCUT2D eigenvalue weighted by molar-refractivity contribution is -0.136. The number of nitrogens with zero attached hydrogens (tertiary/aromatic N) is 3. The van der Waals surface area contributed by atoms with E-state index >= 15 is 0 Å². The monoisotopic (exact) mass is 347 g/mol. The number of amides is 1. The van der Waals surface area contributed by atoms with Crippen molar-refractivity contribution in [2.45, 2.75) is 6.54 Å². The molecule has 0 spiro atoms. The summed E-state index contributed by atoms with van der Waals surface area (Å²) in [5.74, 6) is 0.0336. The molecule has 6 nitrogen and oxygen atoms in total.